The van der Waals surface area contributed by atoms with Crippen molar-refractivity contribution in [2.24, 2.45) is 0 Å². The van der Waals surface area contributed by atoms with Crippen LogP contribution in [0.2, 0.25) is 0 Å². The van der Waals surface area contributed by atoms with Crippen molar-refractivity contribution in [1.29, 1.82) is 0 Å². The number of nitrogens with zero attached hydrogens (tertiary/aromatic N) is 1. The van der Waals surface area contributed by atoms with Gasteiger partial charge in [-0.05, 0) is 55.4 Å². The molecule has 0 bridgehead atoms. The summed E-state index contributed by atoms with van der Waals surface area (Å²) in [4.78, 5) is 38.4. The van der Waals surface area contributed by atoms with Crippen LogP contribution in [0.4, 0.5) is 13.6 Å². The minimum Gasteiger partial charge on any atom is -0.354 e. The number of hydrogen-bond acceptors (Lipinski definition) is 4. The number of halogens is 2. The quantitative estimate of drug-likeness (QED) is 0.701. The van der Waals surface area contributed by atoms with Gasteiger partial charge in [0, 0.05) is 18.7 Å². The van der Waals surface area contributed by atoms with E-state index in [0.717, 1.165) is 16.7 Å². The van der Waals surface area contributed by atoms with Gasteiger partial charge < -0.3 is 5.32 Å². The van der Waals surface area contributed by atoms with E-state index >= 15 is 0 Å². The molecule has 0 atom stereocenters. The van der Waals surface area contributed by atoms with E-state index in [1.54, 1.807) is 32.0 Å². The van der Waals surface area contributed by atoms with E-state index in [1.807, 2.05) is 0 Å². The van der Waals surface area contributed by atoms with Crippen LogP contribution in [0.5, 0.6) is 0 Å². The summed E-state index contributed by atoms with van der Waals surface area (Å²) in [5.41, 5.74) is -0.0603. The van der Waals surface area contributed by atoms with Crippen molar-refractivity contribution in [2.75, 3.05) is 13.1 Å². The molecule has 2 aromatic rings. The van der Waals surface area contributed by atoms with Gasteiger partial charge in [-0.25, -0.2) is 8.78 Å². The molecule has 1 aliphatic heterocycles. The molecule has 1 aliphatic rings. The Morgan fingerprint density at radius 3 is 2.43 bits per heavy atom. The predicted octanol–water partition coefficient (Wildman–Crippen LogP) is 4.10. The first-order chi connectivity index (χ1) is 14.2. The highest BCUT2D eigenvalue weighted by Crippen LogP contribution is 2.32. The summed E-state index contributed by atoms with van der Waals surface area (Å²) in [6.45, 7) is 3.46. The molecule has 1 heterocycles. The number of amides is 3. The van der Waals surface area contributed by atoms with Crippen molar-refractivity contribution >= 4 is 34.9 Å². The lowest BCUT2D eigenvalue weighted by atomic mass is 9.84. The zero-order chi connectivity index (χ0) is 21.9. The van der Waals surface area contributed by atoms with Crippen molar-refractivity contribution in [3.8, 4) is 0 Å². The molecular formula is C22H20F2N2O3S. The van der Waals surface area contributed by atoms with Crippen LogP contribution in [-0.4, -0.2) is 35.0 Å². The van der Waals surface area contributed by atoms with Crippen molar-refractivity contribution in [2.45, 2.75) is 19.3 Å². The fourth-order valence-electron chi connectivity index (χ4n) is 2.93. The molecule has 1 fully saturated rings. The number of imide groups is 1. The van der Waals surface area contributed by atoms with E-state index in [2.05, 4.69) is 5.32 Å². The Balaban J connectivity index is 1.61. The average Bonchev–Trinajstić information content (AvgIpc) is 2.97. The molecule has 0 aliphatic carbocycles. The number of carbonyl (C=O) groups is 3. The second kappa shape index (κ2) is 8.79. The Morgan fingerprint density at radius 2 is 1.77 bits per heavy atom. The minimum atomic E-state index is -0.919. The highest BCUT2D eigenvalue weighted by atomic mass is 32.2. The van der Waals surface area contributed by atoms with Crippen LogP contribution in [0, 0.1) is 11.6 Å². The highest BCUT2D eigenvalue weighted by molar-refractivity contribution is 8.18. The maximum atomic E-state index is 13.8. The van der Waals surface area contributed by atoms with Gasteiger partial charge in [-0.2, -0.15) is 0 Å². The summed E-state index contributed by atoms with van der Waals surface area (Å²) in [5, 5.41) is 2.23. The highest BCUT2D eigenvalue weighted by Gasteiger charge is 2.35. The second-order valence-electron chi connectivity index (χ2n) is 7.24. The van der Waals surface area contributed by atoms with Crippen molar-refractivity contribution in [1.82, 2.24) is 10.2 Å². The first kappa shape index (κ1) is 21.7. The Bertz CT molecular complexity index is 1020. The summed E-state index contributed by atoms with van der Waals surface area (Å²) in [6, 6.07) is 11.6. The molecule has 0 spiro atoms. The smallest absolute Gasteiger partial charge is 0.293 e. The topological polar surface area (TPSA) is 66.5 Å². The normalized spacial score (nSPS) is 15.7. The minimum absolute atomic E-state index is 0.00941. The summed E-state index contributed by atoms with van der Waals surface area (Å²) < 4.78 is 26.9. The summed E-state index contributed by atoms with van der Waals surface area (Å²) in [6.07, 6.45) is 1.34. The van der Waals surface area contributed by atoms with Gasteiger partial charge in [-0.3, -0.25) is 19.3 Å². The lowest BCUT2D eigenvalue weighted by Gasteiger charge is -2.24. The SMILES string of the molecule is CC(C)(C(=O)NCCN1C(=O)SC(=Cc2ccccc2F)C1=O)c1ccc(F)cc1. The maximum Gasteiger partial charge on any atom is 0.293 e. The van der Waals surface area contributed by atoms with Gasteiger partial charge in [-0.15, -0.1) is 0 Å². The third-order valence-electron chi connectivity index (χ3n) is 4.82. The monoisotopic (exact) mass is 430 g/mol. The van der Waals surface area contributed by atoms with Gasteiger partial charge in [0.2, 0.25) is 5.91 Å². The molecule has 0 unspecified atom stereocenters. The van der Waals surface area contributed by atoms with Crippen LogP contribution in [-0.2, 0) is 15.0 Å². The fraction of sp³-hybridized carbons (Fsp3) is 0.227. The molecule has 2 aromatic carbocycles. The standard InChI is InChI=1S/C22H20F2N2O3S/c1-22(2,15-7-9-16(23)10-8-15)20(28)25-11-12-26-19(27)18(30-21(26)29)13-14-5-3-4-6-17(14)24/h3-10,13H,11-12H2,1-2H3,(H,25,28). The van der Waals surface area contributed by atoms with Gasteiger partial charge in [0.25, 0.3) is 11.1 Å². The number of carbonyl (C=O) groups excluding carboxylic acids is 3. The zero-order valence-corrected chi connectivity index (χ0v) is 17.3. The molecule has 8 heteroatoms. The third kappa shape index (κ3) is 4.59. The van der Waals surface area contributed by atoms with Crippen LogP contribution in [0.3, 0.4) is 0 Å². The van der Waals surface area contributed by atoms with E-state index in [9.17, 15) is 23.2 Å². The van der Waals surface area contributed by atoms with Crippen molar-refractivity contribution < 1.29 is 23.2 Å². The number of nitrogens with one attached hydrogen (secondary N) is 1. The predicted molar refractivity (Wildman–Crippen MR) is 112 cm³/mol. The summed E-state index contributed by atoms with van der Waals surface area (Å²) in [5.74, 6) is -1.72. The van der Waals surface area contributed by atoms with E-state index in [1.165, 1.54) is 36.4 Å². The lowest BCUT2D eigenvalue weighted by molar-refractivity contribution is -0.126. The first-order valence-electron chi connectivity index (χ1n) is 9.24. The van der Waals surface area contributed by atoms with Crippen molar-refractivity contribution in [3.63, 3.8) is 0 Å². The Kier molecular flexibility index (Phi) is 6.36. The average molecular weight is 430 g/mol. The Labute approximate surface area is 177 Å². The molecule has 3 amide bonds. The van der Waals surface area contributed by atoms with Gasteiger partial charge >= 0.3 is 0 Å². The third-order valence-corrected chi connectivity index (χ3v) is 5.73. The molecular weight excluding hydrogens is 410 g/mol. The number of hydrogen-bond donors (Lipinski definition) is 1. The molecule has 0 aromatic heterocycles. The fourth-order valence-corrected chi connectivity index (χ4v) is 3.78. The van der Waals surface area contributed by atoms with Crippen LogP contribution in [0.25, 0.3) is 6.08 Å². The number of thioether (sulfide) groups is 1. The Hall–Kier alpha value is -3.00. The van der Waals surface area contributed by atoms with Gasteiger partial charge in [0.1, 0.15) is 11.6 Å². The summed E-state index contributed by atoms with van der Waals surface area (Å²) >= 11 is 0.732. The van der Waals surface area contributed by atoms with E-state index < -0.39 is 28.2 Å². The molecule has 5 nitrogen and oxygen atoms in total. The van der Waals surface area contributed by atoms with Crippen LogP contribution >= 0.6 is 11.8 Å². The van der Waals surface area contributed by atoms with E-state index in [-0.39, 0.29) is 29.5 Å². The molecule has 1 saturated heterocycles. The summed E-state index contributed by atoms with van der Waals surface area (Å²) in [7, 11) is 0. The van der Waals surface area contributed by atoms with E-state index in [4.69, 9.17) is 0 Å². The van der Waals surface area contributed by atoms with Crippen molar-refractivity contribution in [3.05, 3.63) is 76.2 Å². The van der Waals surface area contributed by atoms with Crippen LogP contribution in [0.15, 0.2) is 53.4 Å². The van der Waals surface area contributed by atoms with E-state index in [0.29, 0.717) is 5.56 Å². The second-order valence-corrected chi connectivity index (χ2v) is 8.24. The molecule has 30 heavy (non-hydrogen) atoms. The largest absolute Gasteiger partial charge is 0.354 e. The first-order valence-corrected chi connectivity index (χ1v) is 10.1. The molecule has 0 saturated carbocycles. The molecule has 156 valence electrons. The van der Waals surface area contributed by atoms with Gasteiger partial charge in [0.05, 0.1) is 10.3 Å². The van der Waals surface area contributed by atoms with Crippen LogP contribution < -0.4 is 5.32 Å². The molecule has 0 radical (unpaired) electrons. The van der Waals surface area contributed by atoms with Crippen LogP contribution in [0.1, 0.15) is 25.0 Å². The zero-order valence-electron chi connectivity index (χ0n) is 16.4. The lowest BCUT2D eigenvalue weighted by Crippen LogP contribution is -2.44. The molecule has 3 rings (SSSR count). The maximum absolute atomic E-state index is 13.8. The Morgan fingerprint density at radius 1 is 1.10 bits per heavy atom. The molecule has 1 N–H and O–H groups in total. The van der Waals surface area contributed by atoms with Gasteiger partial charge in [-0.1, -0.05) is 30.3 Å². The number of benzene rings is 2. The number of rotatable bonds is 6. The van der Waals surface area contributed by atoms with Gasteiger partial charge in [0.15, 0.2) is 0 Å².